The van der Waals surface area contributed by atoms with E-state index in [1.165, 1.54) is 19.3 Å². The summed E-state index contributed by atoms with van der Waals surface area (Å²) in [5.41, 5.74) is 1.93. The fraction of sp³-hybridized carbons (Fsp3) is 0.562. The number of nitrogens with zero attached hydrogens (tertiary/aromatic N) is 5. The van der Waals surface area contributed by atoms with Crippen molar-refractivity contribution < 1.29 is 13.2 Å². The summed E-state index contributed by atoms with van der Waals surface area (Å²) in [6.45, 7) is 11.0. The zero-order valence-corrected chi connectivity index (χ0v) is 25.6. The highest BCUT2D eigenvalue weighted by atomic mass is 32.2. The molecule has 1 saturated heterocycles. The van der Waals surface area contributed by atoms with Crippen molar-refractivity contribution in [1.29, 1.82) is 0 Å². The van der Waals surface area contributed by atoms with Gasteiger partial charge in [0.1, 0.15) is 12.1 Å². The fourth-order valence-corrected chi connectivity index (χ4v) is 7.71. The summed E-state index contributed by atoms with van der Waals surface area (Å²) < 4.78 is 35.4. The minimum atomic E-state index is -3.66. The lowest BCUT2D eigenvalue weighted by Gasteiger charge is -2.37. The Kier molecular flexibility index (Phi) is 9.91. The van der Waals surface area contributed by atoms with Gasteiger partial charge in [0.05, 0.1) is 16.5 Å². The number of anilines is 1. The Hall–Kier alpha value is -2.59. The van der Waals surface area contributed by atoms with Crippen LogP contribution >= 0.6 is 0 Å². The molecule has 0 N–H and O–H groups in total. The van der Waals surface area contributed by atoms with Crippen LogP contribution in [0.5, 0.6) is 0 Å². The number of hydrogen-bond donors (Lipinski definition) is 0. The first-order chi connectivity index (χ1) is 19.9. The number of sulfonamides is 1. The molecule has 1 aromatic heterocycles. The van der Waals surface area contributed by atoms with Crippen LogP contribution in [0.2, 0.25) is 0 Å². The van der Waals surface area contributed by atoms with Crippen LogP contribution in [0.25, 0.3) is 10.9 Å². The lowest BCUT2D eigenvalue weighted by atomic mass is 9.93. The maximum atomic E-state index is 13.9. The lowest BCUT2D eigenvalue weighted by Crippen LogP contribution is -2.49. The number of rotatable bonds is 11. The van der Waals surface area contributed by atoms with E-state index in [4.69, 9.17) is 9.72 Å². The second-order valence-electron chi connectivity index (χ2n) is 11.8. The second kappa shape index (κ2) is 13.6. The van der Waals surface area contributed by atoms with Crippen molar-refractivity contribution in [1.82, 2.24) is 19.2 Å². The third-order valence-electron chi connectivity index (χ3n) is 8.37. The van der Waals surface area contributed by atoms with Crippen molar-refractivity contribution in [2.75, 3.05) is 50.8 Å². The Morgan fingerprint density at radius 1 is 0.976 bits per heavy atom. The van der Waals surface area contributed by atoms with E-state index in [9.17, 15) is 8.42 Å². The van der Waals surface area contributed by atoms with Gasteiger partial charge in [0, 0.05) is 57.3 Å². The van der Waals surface area contributed by atoms with Gasteiger partial charge in [-0.2, -0.15) is 4.31 Å². The Labute approximate surface area is 245 Å². The lowest BCUT2D eigenvalue weighted by molar-refractivity contribution is 0.0249. The summed E-state index contributed by atoms with van der Waals surface area (Å²) in [6, 6.07) is 16.0. The molecule has 2 heterocycles. The molecule has 222 valence electrons. The average Bonchev–Trinajstić information content (AvgIpc) is 3.00. The first kappa shape index (κ1) is 29.9. The zero-order chi connectivity index (χ0) is 28.8. The highest BCUT2D eigenvalue weighted by Crippen LogP contribution is 2.33. The maximum Gasteiger partial charge on any atom is 0.243 e. The molecule has 3 aromatic rings. The third-order valence-corrected chi connectivity index (χ3v) is 10.3. The van der Waals surface area contributed by atoms with Crippen molar-refractivity contribution >= 4 is 26.7 Å². The van der Waals surface area contributed by atoms with E-state index in [1.54, 1.807) is 16.7 Å². The van der Waals surface area contributed by atoms with E-state index in [2.05, 4.69) is 40.8 Å². The molecule has 2 fully saturated rings. The molecule has 1 atom stereocenters. The van der Waals surface area contributed by atoms with E-state index in [-0.39, 0.29) is 6.10 Å². The molecular formula is C32H45N5O3S. The molecule has 0 amide bonds. The van der Waals surface area contributed by atoms with Gasteiger partial charge < -0.3 is 9.64 Å². The SMILES string of the molecule is CCOC(CN1CCN(S(=O)(=O)c2ccc3ncnc(N(CC(C)C)C4CCCCC4)c3c2)CC1)c1ccccc1. The average molecular weight is 580 g/mol. The van der Waals surface area contributed by atoms with Crippen LogP contribution in [-0.4, -0.2) is 79.5 Å². The molecule has 0 bridgehead atoms. The predicted octanol–water partition coefficient (Wildman–Crippen LogP) is 5.51. The molecule has 2 aliphatic rings. The Morgan fingerprint density at radius 3 is 2.39 bits per heavy atom. The van der Waals surface area contributed by atoms with Crippen LogP contribution in [0.4, 0.5) is 5.82 Å². The normalized spacial score (nSPS) is 18.6. The molecule has 5 rings (SSSR count). The van der Waals surface area contributed by atoms with Gasteiger partial charge in [-0.05, 0) is 49.4 Å². The van der Waals surface area contributed by atoms with Crippen molar-refractivity contribution in [3.05, 3.63) is 60.4 Å². The van der Waals surface area contributed by atoms with Crippen LogP contribution < -0.4 is 4.90 Å². The van der Waals surface area contributed by atoms with Crippen molar-refractivity contribution in [3.8, 4) is 0 Å². The second-order valence-corrected chi connectivity index (χ2v) is 13.7. The first-order valence-corrected chi connectivity index (χ1v) is 16.7. The van der Waals surface area contributed by atoms with Crippen LogP contribution in [0.15, 0.2) is 59.8 Å². The first-order valence-electron chi connectivity index (χ1n) is 15.3. The molecule has 0 spiro atoms. The van der Waals surface area contributed by atoms with Crippen molar-refractivity contribution in [2.45, 2.75) is 69.9 Å². The molecule has 2 aromatic carbocycles. The Balaban J connectivity index is 1.34. The summed E-state index contributed by atoms with van der Waals surface area (Å²) >= 11 is 0. The van der Waals surface area contributed by atoms with Gasteiger partial charge in [0.15, 0.2) is 0 Å². The summed E-state index contributed by atoms with van der Waals surface area (Å²) in [7, 11) is -3.66. The highest BCUT2D eigenvalue weighted by molar-refractivity contribution is 7.89. The van der Waals surface area contributed by atoms with Crippen molar-refractivity contribution in [2.24, 2.45) is 5.92 Å². The summed E-state index contributed by atoms with van der Waals surface area (Å²) in [5, 5.41) is 0.820. The highest BCUT2D eigenvalue weighted by Gasteiger charge is 2.31. The van der Waals surface area contributed by atoms with Gasteiger partial charge in [-0.3, -0.25) is 4.90 Å². The maximum absolute atomic E-state index is 13.9. The number of benzene rings is 2. The van der Waals surface area contributed by atoms with Gasteiger partial charge >= 0.3 is 0 Å². The fourth-order valence-electron chi connectivity index (χ4n) is 6.27. The van der Waals surface area contributed by atoms with Crippen LogP contribution in [-0.2, 0) is 14.8 Å². The van der Waals surface area contributed by atoms with E-state index in [1.807, 2.05) is 37.3 Å². The number of fused-ring (bicyclic) bond motifs is 1. The molecule has 8 nitrogen and oxygen atoms in total. The van der Waals surface area contributed by atoms with Gasteiger partial charge in [-0.25, -0.2) is 18.4 Å². The Bertz CT molecular complexity index is 1370. The van der Waals surface area contributed by atoms with E-state index in [0.717, 1.165) is 48.2 Å². The number of hydrogen-bond acceptors (Lipinski definition) is 7. The molecular weight excluding hydrogens is 534 g/mol. The number of piperazine rings is 1. The molecule has 1 aliphatic heterocycles. The molecule has 1 aliphatic carbocycles. The summed E-state index contributed by atoms with van der Waals surface area (Å²) in [5.74, 6) is 1.33. The molecule has 1 saturated carbocycles. The van der Waals surface area contributed by atoms with Gasteiger partial charge in [0.25, 0.3) is 0 Å². The topological polar surface area (TPSA) is 78.9 Å². The number of ether oxygens (including phenoxy) is 1. The monoisotopic (exact) mass is 579 g/mol. The molecule has 1 unspecified atom stereocenters. The zero-order valence-electron chi connectivity index (χ0n) is 24.8. The minimum absolute atomic E-state index is 0.0267. The van der Waals surface area contributed by atoms with E-state index in [0.29, 0.717) is 49.6 Å². The molecule has 41 heavy (non-hydrogen) atoms. The van der Waals surface area contributed by atoms with Gasteiger partial charge in [-0.15, -0.1) is 0 Å². The molecule has 0 radical (unpaired) electrons. The van der Waals surface area contributed by atoms with Gasteiger partial charge in [0.2, 0.25) is 10.0 Å². The summed E-state index contributed by atoms with van der Waals surface area (Å²) in [6.07, 6.45) is 7.62. The van der Waals surface area contributed by atoms with Gasteiger partial charge in [-0.1, -0.05) is 63.4 Å². The van der Waals surface area contributed by atoms with E-state index < -0.39 is 10.0 Å². The smallest absolute Gasteiger partial charge is 0.243 e. The third kappa shape index (κ3) is 7.08. The predicted molar refractivity (Wildman–Crippen MR) is 165 cm³/mol. The quantitative estimate of drug-likeness (QED) is 0.296. The molecule has 9 heteroatoms. The largest absolute Gasteiger partial charge is 0.372 e. The minimum Gasteiger partial charge on any atom is -0.372 e. The Morgan fingerprint density at radius 2 is 1.71 bits per heavy atom. The number of aromatic nitrogens is 2. The van der Waals surface area contributed by atoms with Crippen LogP contribution in [0.3, 0.4) is 0 Å². The van der Waals surface area contributed by atoms with Crippen LogP contribution in [0.1, 0.15) is 64.5 Å². The van der Waals surface area contributed by atoms with Crippen molar-refractivity contribution in [3.63, 3.8) is 0 Å². The standard InChI is InChI=1S/C32H45N5O3S/c1-4-40-31(26-11-7-5-8-12-26)23-35-17-19-36(20-18-35)41(38,39)28-15-16-30-29(21-28)32(34-24-33-30)37(22-25(2)3)27-13-9-6-10-14-27/h5,7-8,11-12,15-16,21,24-25,27,31H,4,6,9-10,13-14,17-20,22-23H2,1-3H3. The van der Waals surface area contributed by atoms with Crippen LogP contribution in [0, 0.1) is 5.92 Å². The summed E-state index contributed by atoms with van der Waals surface area (Å²) in [4.78, 5) is 14.3. The van der Waals surface area contributed by atoms with E-state index >= 15 is 0 Å².